The lowest BCUT2D eigenvalue weighted by atomic mass is 9.91. The van der Waals surface area contributed by atoms with Gasteiger partial charge in [-0.05, 0) is 13.3 Å². The van der Waals surface area contributed by atoms with Crippen LogP contribution in [0.5, 0.6) is 11.5 Å². The number of fused-ring (bicyclic) bond motifs is 2. The monoisotopic (exact) mass is 323 g/mol. The zero-order valence-electron chi connectivity index (χ0n) is 11.5. The molecular formula is C14H17ClF3NO2. The molecule has 2 N–H and O–H groups in total. The van der Waals surface area contributed by atoms with E-state index in [1.54, 1.807) is 0 Å². The molecule has 2 aliphatic heterocycles. The molecule has 0 unspecified atom stereocenters. The molecule has 1 aromatic rings. The maximum atomic E-state index is 13.3. The van der Waals surface area contributed by atoms with Gasteiger partial charge in [-0.2, -0.15) is 13.2 Å². The fraction of sp³-hybridized carbons (Fsp3) is 0.571. The van der Waals surface area contributed by atoms with E-state index in [2.05, 4.69) is 0 Å². The van der Waals surface area contributed by atoms with Crippen molar-refractivity contribution in [3.05, 3.63) is 22.3 Å². The van der Waals surface area contributed by atoms with Crippen molar-refractivity contribution in [1.29, 1.82) is 0 Å². The van der Waals surface area contributed by atoms with Gasteiger partial charge in [-0.25, -0.2) is 0 Å². The van der Waals surface area contributed by atoms with Crippen molar-refractivity contribution in [2.24, 2.45) is 5.73 Å². The first-order valence-corrected chi connectivity index (χ1v) is 6.68. The van der Waals surface area contributed by atoms with E-state index in [4.69, 9.17) is 15.2 Å². The molecule has 2 heterocycles. The van der Waals surface area contributed by atoms with Crippen molar-refractivity contribution >= 4 is 12.4 Å². The molecule has 1 atom stereocenters. The van der Waals surface area contributed by atoms with Crippen LogP contribution in [-0.4, -0.2) is 19.3 Å². The largest absolute Gasteiger partial charge is 0.493 e. The third-order valence-corrected chi connectivity index (χ3v) is 3.72. The fourth-order valence-electron chi connectivity index (χ4n) is 3.04. The minimum atomic E-state index is -4.42. The summed E-state index contributed by atoms with van der Waals surface area (Å²) in [5.41, 5.74) is 6.82. The van der Waals surface area contributed by atoms with E-state index in [-0.39, 0.29) is 49.4 Å². The summed E-state index contributed by atoms with van der Waals surface area (Å²) in [7, 11) is 0. The quantitative estimate of drug-likeness (QED) is 0.910. The summed E-state index contributed by atoms with van der Waals surface area (Å²) in [5.74, 6) is 0.385. The van der Waals surface area contributed by atoms with Crippen molar-refractivity contribution < 1.29 is 22.6 Å². The first kappa shape index (κ1) is 16.2. The molecule has 0 spiro atoms. The zero-order valence-corrected chi connectivity index (χ0v) is 12.4. The van der Waals surface area contributed by atoms with Crippen LogP contribution in [0.2, 0.25) is 0 Å². The van der Waals surface area contributed by atoms with Gasteiger partial charge in [0.2, 0.25) is 0 Å². The van der Waals surface area contributed by atoms with Gasteiger partial charge >= 0.3 is 6.18 Å². The lowest BCUT2D eigenvalue weighted by Crippen LogP contribution is -2.20. The third kappa shape index (κ3) is 2.66. The van der Waals surface area contributed by atoms with Gasteiger partial charge < -0.3 is 15.2 Å². The Morgan fingerprint density at radius 2 is 1.67 bits per heavy atom. The summed E-state index contributed by atoms with van der Waals surface area (Å²) >= 11 is 0. The maximum absolute atomic E-state index is 13.3. The van der Waals surface area contributed by atoms with Crippen LogP contribution >= 0.6 is 12.4 Å². The first-order valence-electron chi connectivity index (χ1n) is 6.68. The average Bonchev–Trinajstić information content (AvgIpc) is 2.93. The Morgan fingerprint density at radius 3 is 2.24 bits per heavy atom. The van der Waals surface area contributed by atoms with Gasteiger partial charge in [0.15, 0.2) is 0 Å². The molecule has 3 rings (SSSR count). The molecule has 0 bridgehead atoms. The van der Waals surface area contributed by atoms with Gasteiger partial charge in [-0.3, -0.25) is 0 Å². The predicted molar refractivity (Wildman–Crippen MR) is 74.4 cm³/mol. The summed E-state index contributed by atoms with van der Waals surface area (Å²) in [4.78, 5) is 0. The van der Waals surface area contributed by atoms with Gasteiger partial charge in [0.05, 0.1) is 13.2 Å². The summed E-state index contributed by atoms with van der Waals surface area (Å²) in [6, 6.07) is -0.135. The minimum Gasteiger partial charge on any atom is -0.493 e. The van der Waals surface area contributed by atoms with Crippen LogP contribution in [0.1, 0.15) is 29.2 Å². The second-order valence-corrected chi connectivity index (χ2v) is 5.34. The van der Waals surface area contributed by atoms with Crippen molar-refractivity contribution in [2.75, 3.05) is 13.2 Å². The van der Waals surface area contributed by atoms with Crippen LogP contribution in [0.4, 0.5) is 13.2 Å². The summed E-state index contributed by atoms with van der Waals surface area (Å²) in [6.45, 7) is 2.40. The number of benzene rings is 1. The molecule has 0 aliphatic carbocycles. The molecule has 0 saturated carbocycles. The lowest BCUT2D eigenvalue weighted by molar-refractivity contribution is -0.139. The maximum Gasteiger partial charge on any atom is 0.420 e. The predicted octanol–water partition coefficient (Wildman–Crippen LogP) is 2.89. The molecule has 0 aromatic heterocycles. The molecule has 1 aromatic carbocycles. The number of rotatable bonds is 2. The highest BCUT2D eigenvalue weighted by Gasteiger charge is 2.43. The van der Waals surface area contributed by atoms with E-state index in [0.717, 1.165) is 5.56 Å². The molecule has 0 amide bonds. The standard InChI is InChI=1S/C14H16F3NO2.ClH/c1-7(18)6-10-8-2-4-20-13(8)11(14(15,16)17)9-3-5-19-12(9)10;/h7H,2-6,18H2,1H3;1H/t7-;/m1./s1. The number of alkyl halides is 3. The third-order valence-electron chi connectivity index (χ3n) is 3.72. The van der Waals surface area contributed by atoms with Crippen LogP contribution in [-0.2, 0) is 25.4 Å². The van der Waals surface area contributed by atoms with Gasteiger partial charge in [0, 0.05) is 35.6 Å². The Kier molecular flexibility index (Phi) is 4.31. The van der Waals surface area contributed by atoms with Gasteiger partial charge in [-0.15, -0.1) is 12.4 Å². The summed E-state index contributed by atoms with van der Waals surface area (Å²) in [6.07, 6.45) is -3.16. The second kappa shape index (κ2) is 5.57. The molecule has 0 fully saturated rings. The highest BCUT2D eigenvalue weighted by Crippen LogP contribution is 2.50. The van der Waals surface area contributed by atoms with Crippen molar-refractivity contribution in [3.63, 3.8) is 0 Å². The van der Waals surface area contributed by atoms with Crippen LogP contribution in [0.15, 0.2) is 0 Å². The van der Waals surface area contributed by atoms with Gasteiger partial charge in [0.1, 0.15) is 17.1 Å². The van der Waals surface area contributed by atoms with E-state index < -0.39 is 11.7 Å². The van der Waals surface area contributed by atoms with E-state index in [1.165, 1.54) is 0 Å². The lowest BCUT2D eigenvalue weighted by Gasteiger charge is -2.20. The van der Waals surface area contributed by atoms with E-state index >= 15 is 0 Å². The smallest absolute Gasteiger partial charge is 0.420 e. The highest BCUT2D eigenvalue weighted by molar-refractivity contribution is 5.85. The van der Waals surface area contributed by atoms with E-state index in [9.17, 15) is 13.2 Å². The zero-order chi connectivity index (χ0) is 14.5. The Hall–Kier alpha value is -1.14. The fourth-order valence-corrected chi connectivity index (χ4v) is 3.04. The number of halogens is 4. The van der Waals surface area contributed by atoms with Crippen LogP contribution in [0.25, 0.3) is 0 Å². The molecule has 7 heteroatoms. The molecule has 0 saturated heterocycles. The molecule has 118 valence electrons. The van der Waals surface area contributed by atoms with Crippen molar-refractivity contribution in [2.45, 2.75) is 38.4 Å². The van der Waals surface area contributed by atoms with Crippen molar-refractivity contribution in [3.8, 4) is 11.5 Å². The Bertz CT molecular complexity index is 523. The van der Waals surface area contributed by atoms with E-state index in [0.29, 0.717) is 24.2 Å². The van der Waals surface area contributed by atoms with Crippen LogP contribution in [0, 0.1) is 0 Å². The first-order chi connectivity index (χ1) is 9.39. The minimum absolute atomic E-state index is 0. The number of hydrogen-bond acceptors (Lipinski definition) is 3. The average molecular weight is 324 g/mol. The Morgan fingerprint density at radius 1 is 1.10 bits per heavy atom. The molecule has 2 aliphatic rings. The topological polar surface area (TPSA) is 44.5 Å². The van der Waals surface area contributed by atoms with E-state index in [1.807, 2.05) is 6.92 Å². The van der Waals surface area contributed by atoms with Gasteiger partial charge in [0.25, 0.3) is 0 Å². The molecule has 21 heavy (non-hydrogen) atoms. The number of nitrogens with two attached hydrogens (primary N) is 1. The molecule has 3 nitrogen and oxygen atoms in total. The Labute approximate surface area is 127 Å². The van der Waals surface area contributed by atoms with Gasteiger partial charge in [-0.1, -0.05) is 0 Å². The second-order valence-electron chi connectivity index (χ2n) is 5.34. The normalized spacial score (nSPS) is 17.4. The molecular weight excluding hydrogens is 307 g/mol. The van der Waals surface area contributed by atoms with Crippen LogP contribution < -0.4 is 15.2 Å². The summed E-state index contributed by atoms with van der Waals surface area (Å²) in [5, 5.41) is 0. The highest BCUT2D eigenvalue weighted by atomic mass is 35.5. The number of ether oxygens (including phenoxy) is 2. The van der Waals surface area contributed by atoms with Crippen LogP contribution in [0.3, 0.4) is 0 Å². The van der Waals surface area contributed by atoms with Crippen molar-refractivity contribution in [1.82, 2.24) is 0 Å². The summed E-state index contributed by atoms with van der Waals surface area (Å²) < 4.78 is 50.8. The molecule has 0 radical (unpaired) electrons. The number of hydrogen-bond donors (Lipinski definition) is 1. The Balaban J connectivity index is 0.00000161. The SMILES string of the molecule is C[C@@H](N)Cc1c2c(c(C(F)(F)F)c3c1OCC3)OCC2.Cl.